The summed E-state index contributed by atoms with van der Waals surface area (Å²) in [7, 11) is 0. The lowest BCUT2D eigenvalue weighted by Gasteiger charge is -2.29. The van der Waals surface area contributed by atoms with E-state index in [9.17, 15) is 9.18 Å². The van der Waals surface area contributed by atoms with Gasteiger partial charge in [0.05, 0.1) is 17.2 Å². The molecule has 0 aliphatic heterocycles. The molecule has 1 amide bonds. The van der Waals surface area contributed by atoms with Gasteiger partial charge >= 0.3 is 0 Å². The smallest absolute Gasteiger partial charge is 0.251 e. The van der Waals surface area contributed by atoms with Gasteiger partial charge in [0.25, 0.3) is 5.91 Å². The molecule has 0 fully saturated rings. The van der Waals surface area contributed by atoms with Crippen LogP contribution in [0.5, 0.6) is 0 Å². The molecule has 0 aliphatic carbocycles. The quantitative estimate of drug-likeness (QED) is 0.396. The normalized spacial score (nSPS) is 13.4. The second-order valence-electron chi connectivity index (χ2n) is 9.37. The highest BCUT2D eigenvalue weighted by atomic mass is 19.1. The van der Waals surface area contributed by atoms with Gasteiger partial charge in [-0.3, -0.25) is 4.79 Å². The Balaban J connectivity index is 1.87. The van der Waals surface area contributed by atoms with Crippen molar-refractivity contribution >= 4 is 5.91 Å². The molecule has 0 saturated carbocycles. The first-order chi connectivity index (χ1) is 16.7. The summed E-state index contributed by atoms with van der Waals surface area (Å²) in [6.07, 6.45) is 0.616. The number of halogens is 1. The zero-order chi connectivity index (χ0) is 25.5. The number of carbonyl (C=O) groups is 1. The van der Waals surface area contributed by atoms with Crippen LogP contribution in [0.2, 0.25) is 0 Å². The fraction of sp³-hybridized carbons (Fsp3) is 0.300. The summed E-state index contributed by atoms with van der Waals surface area (Å²) in [4.78, 5) is 13.2. The van der Waals surface area contributed by atoms with E-state index in [-0.39, 0.29) is 29.3 Å². The van der Waals surface area contributed by atoms with E-state index < -0.39 is 5.82 Å². The third kappa shape index (κ3) is 6.34. The van der Waals surface area contributed by atoms with Crippen LogP contribution < -0.4 is 5.32 Å². The van der Waals surface area contributed by atoms with Crippen molar-refractivity contribution in [3.63, 3.8) is 0 Å². The minimum absolute atomic E-state index is 0.00210. The maximum absolute atomic E-state index is 14.4. The third-order valence-corrected chi connectivity index (χ3v) is 6.62. The number of amides is 1. The van der Waals surface area contributed by atoms with E-state index in [0.717, 1.165) is 11.1 Å². The van der Waals surface area contributed by atoms with E-state index in [0.29, 0.717) is 29.0 Å². The average Bonchev–Trinajstić information content (AvgIpc) is 2.87. The lowest BCUT2D eigenvalue weighted by atomic mass is 9.84. The minimum atomic E-state index is -0.564. The predicted octanol–water partition coefficient (Wildman–Crippen LogP) is 6.79. The van der Waals surface area contributed by atoms with Crippen LogP contribution in [-0.4, -0.2) is 11.9 Å². The van der Waals surface area contributed by atoms with Gasteiger partial charge in [0, 0.05) is 17.5 Å². The first-order valence-corrected chi connectivity index (χ1v) is 11.8. The Morgan fingerprint density at radius 2 is 1.46 bits per heavy atom. The number of benzene rings is 3. The Bertz CT molecular complexity index is 1250. The van der Waals surface area contributed by atoms with Gasteiger partial charge in [-0.1, -0.05) is 58.0 Å². The van der Waals surface area contributed by atoms with Gasteiger partial charge in [-0.15, -0.1) is 0 Å². The molecule has 0 heterocycles. The Kier molecular flexibility index (Phi) is 8.39. The maximum atomic E-state index is 14.4. The number of nitriles is 2. The fourth-order valence-corrected chi connectivity index (χ4v) is 4.20. The van der Waals surface area contributed by atoms with Crippen molar-refractivity contribution in [3.05, 3.63) is 106 Å². The van der Waals surface area contributed by atoms with Gasteiger partial charge in [-0.05, 0) is 71.3 Å². The van der Waals surface area contributed by atoms with E-state index in [1.807, 2.05) is 49.4 Å². The molecule has 0 bridgehead atoms. The third-order valence-electron chi connectivity index (χ3n) is 6.62. The first kappa shape index (κ1) is 25.7. The number of nitrogens with one attached hydrogen (secondary N) is 1. The molecular weight excluding hydrogens is 437 g/mol. The summed E-state index contributed by atoms with van der Waals surface area (Å²) in [6.45, 7) is 8.24. The fourth-order valence-electron chi connectivity index (χ4n) is 4.20. The second kappa shape index (κ2) is 11.4. The molecule has 3 aromatic rings. The molecular formula is C30H30FN3O. The largest absolute Gasteiger partial charge is 0.349 e. The highest BCUT2D eigenvalue weighted by Gasteiger charge is 2.25. The molecule has 3 rings (SSSR count). The summed E-state index contributed by atoms with van der Waals surface area (Å²) in [5.41, 5.74) is 4.10. The molecule has 5 heteroatoms. The van der Waals surface area contributed by atoms with E-state index >= 15 is 0 Å². The molecule has 0 radical (unpaired) electrons. The molecule has 0 spiro atoms. The molecule has 3 unspecified atom stereocenters. The molecule has 178 valence electrons. The monoisotopic (exact) mass is 467 g/mol. The van der Waals surface area contributed by atoms with Gasteiger partial charge in [0.1, 0.15) is 11.9 Å². The van der Waals surface area contributed by atoms with Crippen LogP contribution in [0.1, 0.15) is 90.0 Å². The van der Waals surface area contributed by atoms with E-state index in [4.69, 9.17) is 10.5 Å². The number of hydrogen-bond donors (Lipinski definition) is 1. The standard InChI is InChI=1S/C30H30FN3O/c1-19(2)23-9-11-25(12-10-23)30(35)34-29(15-20(3)24-7-5-22(17-32)6-8-24)21(4)26-13-14-27(18-33)28(31)16-26/h5-14,16,19-21,29H,15H2,1-4H3,(H,34,35). The van der Waals surface area contributed by atoms with Gasteiger partial charge in [0.15, 0.2) is 0 Å². The van der Waals surface area contributed by atoms with Gasteiger partial charge < -0.3 is 5.32 Å². The first-order valence-electron chi connectivity index (χ1n) is 11.8. The Morgan fingerprint density at radius 3 is 2.00 bits per heavy atom. The second-order valence-corrected chi connectivity index (χ2v) is 9.37. The zero-order valence-corrected chi connectivity index (χ0v) is 20.5. The Hall–Kier alpha value is -3.96. The van der Waals surface area contributed by atoms with Crippen LogP contribution in [0.3, 0.4) is 0 Å². The molecule has 1 N–H and O–H groups in total. The van der Waals surface area contributed by atoms with E-state index in [1.54, 1.807) is 18.2 Å². The number of nitrogens with zero attached hydrogens (tertiary/aromatic N) is 2. The lowest BCUT2D eigenvalue weighted by Crippen LogP contribution is -2.39. The summed E-state index contributed by atoms with van der Waals surface area (Å²) < 4.78 is 14.4. The van der Waals surface area contributed by atoms with Crippen LogP contribution in [0.15, 0.2) is 66.7 Å². The molecule has 0 saturated heterocycles. The van der Waals surface area contributed by atoms with Crippen LogP contribution in [0.25, 0.3) is 0 Å². The van der Waals surface area contributed by atoms with Crippen LogP contribution in [0.4, 0.5) is 4.39 Å². The van der Waals surface area contributed by atoms with Crippen molar-refractivity contribution in [2.45, 2.75) is 57.9 Å². The molecule has 35 heavy (non-hydrogen) atoms. The number of hydrogen-bond acceptors (Lipinski definition) is 3. The maximum Gasteiger partial charge on any atom is 0.251 e. The Labute approximate surface area is 207 Å². The average molecular weight is 468 g/mol. The summed E-state index contributed by atoms with van der Waals surface area (Å²) in [5.74, 6) is -0.483. The van der Waals surface area contributed by atoms with E-state index in [2.05, 4.69) is 32.2 Å². The highest BCUT2D eigenvalue weighted by molar-refractivity contribution is 5.94. The Morgan fingerprint density at radius 1 is 0.857 bits per heavy atom. The van der Waals surface area contributed by atoms with Crippen molar-refractivity contribution < 1.29 is 9.18 Å². The highest BCUT2D eigenvalue weighted by Crippen LogP contribution is 2.30. The summed E-state index contributed by atoms with van der Waals surface area (Å²) in [6, 6.07) is 23.3. The molecule has 3 atom stereocenters. The lowest BCUT2D eigenvalue weighted by molar-refractivity contribution is 0.0928. The SMILES string of the molecule is CC(C)c1ccc(C(=O)NC(CC(C)c2ccc(C#N)cc2)C(C)c2ccc(C#N)c(F)c2)cc1. The van der Waals surface area contributed by atoms with Crippen molar-refractivity contribution in [2.75, 3.05) is 0 Å². The van der Waals surface area contributed by atoms with Gasteiger partial charge in [0.2, 0.25) is 0 Å². The molecule has 3 aromatic carbocycles. The van der Waals surface area contributed by atoms with Crippen LogP contribution in [-0.2, 0) is 0 Å². The minimum Gasteiger partial charge on any atom is -0.349 e. The van der Waals surface area contributed by atoms with Crippen molar-refractivity contribution in [1.29, 1.82) is 10.5 Å². The van der Waals surface area contributed by atoms with Gasteiger partial charge in [-0.25, -0.2) is 4.39 Å². The molecule has 0 aromatic heterocycles. The summed E-state index contributed by atoms with van der Waals surface area (Å²) in [5, 5.41) is 21.3. The van der Waals surface area contributed by atoms with E-state index in [1.165, 1.54) is 12.1 Å². The topological polar surface area (TPSA) is 76.7 Å². The van der Waals surface area contributed by atoms with Gasteiger partial charge in [-0.2, -0.15) is 10.5 Å². The zero-order valence-electron chi connectivity index (χ0n) is 20.5. The van der Waals surface area contributed by atoms with Crippen molar-refractivity contribution in [2.24, 2.45) is 0 Å². The number of carbonyl (C=O) groups excluding carboxylic acids is 1. The predicted molar refractivity (Wildman–Crippen MR) is 136 cm³/mol. The molecule has 0 aliphatic rings. The molecule has 4 nitrogen and oxygen atoms in total. The van der Waals surface area contributed by atoms with Crippen molar-refractivity contribution in [1.82, 2.24) is 5.32 Å². The van der Waals surface area contributed by atoms with Crippen LogP contribution in [0, 0.1) is 28.5 Å². The van der Waals surface area contributed by atoms with Crippen LogP contribution >= 0.6 is 0 Å². The van der Waals surface area contributed by atoms with Crippen molar-refractivity contribution in [3.8, 4) is 12.1 Å². The summed E-state index contributed by atoms with van der Waals surface area (Å²) >= 11 is 0. The number of rotatable bonds is 8.